The van der Waals surface area contributed by atoms with Crippen molar-refractivity contribution in [3.05, 3.63) is 11.6 Å². The summed E-state index contributed by atoms with van der Waals surface area (Å²) in [6.45, 7) is 4.50. The molecule has 142 valence electrons. The van der Waals surface area contributed by atoms with Gasteiger partial charge in [-0.3, -0.25) is 4.18 Å². The average molecular weight is 392 g/mol. The number of aliphatic hydroxyl groups excluding tert-OH is 1. The number of aliphatic hydroxyl groups is 1. The van der Waals surface area contributed by atoms with E-state index < -0.39 is 16.5 Å². The van der Waals surface area contributed by atoms with Gasteiger partial charge in [-0.25, -0.2) is 8.42 Å². The summed E-state index contributed by atoms with van der Waals surface area (Å²) in [5.41, 5.74) is 1.39. The van der Waals surface area contributed by atoms with Crippen LogP contribution in [0.25, 0.3) is 0 Å². The van der Waals surface area contributed by atoms with Gasteiger partial charge in [-0.05, 0) is 80.0 Å². The summed E-state index contributed by atoms with van der Waals surface area (Å²) in [4.78, 5) is 0. The van der Waals surface area contributed by atoms with Crippen molar-refractivity contribution in [2.75, 3.05) is 0 Å². The normalized spacial score (nSPS) is 47.8. The Morgan fingerprint density at radius 3 is 2.58 bits per heavy atom. The summed E-state index contributed by atoms with van der Waals surface area (Å²) < 4.78 is 38.4. The molecule has 0 unspecified atom stereocenters. The van der Waals surface area contributed by atoms with Crippen molar-refractivity contribution < 1.29 is 51.8 Å². The molecule has 0 aromatic rings. The van der Waals surface area contributed by atoms with Crippen LogP contribution in [0.3, 0.4) is 0 Å². The van der Waals surface area contributed by atoms with Gasteiger partial charge >= 0.3 is 29.6 Å². The van der Waals surface area contributed by atoms with Crippen molar-refractivity contribution in [3.8, 4) is 0 Å². The largest absolute Gasteiger partial charge is 1.00 e. The molecule has 3 saturated carbocycles. The molecule has 1 N–H and O–H groups in total. The van der Waals surface area contributed by atoms with Crippen LogP contribution in [0.2, 0.25) is 0 Å². The van der Waals surface area contributed by atoms with Crippen LogP contribution in [-0.4, -0.2) is 30.3 Å². The molecule has 7 atom stereocenters. The molecule has 0 spiro atoms. The topological polar surface area (TPSA) is 86.7 Å². The fourth-order valence-electron chi connectivity index (χ4n) is 6.89. The Bertz CT molecular complexity index is 692. The van der Waals surface area contributed by atoms with E-state index in [0.717, 1.165) is 44.9 Å². The minimum atomic E-state index is -4.65. The maximum atomic E-state index is 11.1. The van der Waals surface area contributed by atoms with Crippen LogP contribution < -0.4 is 29.6 Å². The fraction of sp³-hybridized carbons (Fsp3) is 0.895. The molecule has 0 saturated heterocycles. The molecular formula is C19H29NaO5S. The first-order chi connectivity index (χ1) is 11.6. The second kappa shape index (κ2) is 7.12. The molecule has 5 nitrogen and oxygen atoms in total. The molecule has 0 amide bonds. The third-order valence-corrected chi connectivity index (χ3v) is 8.69. The van der Waals surface area contributed by atoms with Crippen molar-refractivity contribution in [1.29, 1.82) is 0 Å². The van der Waals surface area contributed by atoms with Crippen LogP contribution in [0.4, 0.5) is 0 Å². The summed E-state index contributed by atoms with van der Waals surface area (Å²) in [6, 6.07) is 0. The quantitative estimate of drug-likeness (QED) is 0.313. The van der Waals surface area contributed by atoms with Crippen molar-refractivity contribution in [3.63, 3.8) is 0 Å². The van der Waals surface area contributed by atoms with Gasteiger partial charge in [-0.15, -0.1) is 0 Å². The van der Waals surface area contributed by atoms with Crippen LogP contribution in [0.15, 0.2) is 11.6 Å². The van der Waals surface area contributed by atoms with Crippen LogP contribution in [-0.2, 0) is 14.6 Å². The summed E-state index contributed by atoms with van der Waals surface area (Å²) in [5, 5.41) is 10.0. The van der Waals surface area contributed by atoms with Crippen molar-refractivity contribution in [2.24, 2.45) is 28.6 Å². The molecule has 4 rings (SSSR count). The average Bonchev–Trinajstić information content (AvgIpc) is 2.83. The zero-order chi connectivity index (χ0) is 18.0. The summed E-state index contributed by atoms with van der Waals surface area (Å²) in [7, 11) is -4.65. The zero-order valence-corrected chi connectivity index (χ0v) is 18.9. The Morgan fingerprint density at radius 1 is 1.15 bits per heavy atom. The molecule has 26 heavy (non-hydrogen) atoms. The molecule has 0 aliphatic heterocycles. The van der Waals surface area contributed by atoms with Gasteiger partial charge in [-0.2, -0.15) is 0 Å². The number of fused-ring (bicyclic) bond motifs is 5. The number of hydrogen-bond donors (Lipinski definition) is 1. The van der Waals surface area contributed by atoms with Crippen LogP contribution in [0, 0.1) is 28.6 Å². The van der Waals surface area contributed by atoms with Gasteiger partial charge in [0.2, 0.25) is 10.4 Å². The maximum Gasteiger partial charge on any atom is 1.00 e. The van der Waals surface area contributed by atoms with E-state index in [0.29, 0.717) is 24.2 Å². The zero-order valence-electron chi connectivity index (χ0n) is 16.1. The van der Waals surface area contributed by atoms with Gasteiger partial charge in [0.1, 0.15) is 0 Å². The standard InChI is InChI=1S/C19H30O5S.Na/c1-18-9-7-13(20)11-12(18)3-4-14-15-5-6-17(24-25(21,22)23)19(15,2)10-8-16(14)18;/h3,13-17,20H,4-11H2,1-2H3,(H,21,22,23);/q;+1/p-1/t13-,14-,15-,16-,17-,18-,19-;/m0./s1. The van der Waals surface area contributed by atoms with Gasteiger partial charge in [-0.1, -0.05) is 25.5 Å². The smallest absolute Gasteiger partial charge is 0.726 e. The molecule has 0 radical (unpaired) electrons. The molecule has 7 heteroatoms. The molecular weight excluding hydrogens is 363 g/mol. The van der Waals surface area contributed by atoms with Crippen LogP contribution >= 0.6 is 0 Å². The Balaban J connectivity index is 0.00000196. The van der Waals surface area contributed by atoms with Crippen molar-refractivity contribution in [2.45, 2.75) is 77.4 Å². The Morgan fingerprint density at radius 2 is 1.88 bits per heavy atom. The van der Waals surface area contributed by atoms with Crippen LogP contribution in [0.1, 0.15) is 65.2 Å². The Labute approximate surface area is 179 Å². The Kier molecular flexibility index (Phi) is 5.83. The van der Waals surface area contributed by atoms with E-state index in [4.69, 9.17) is 4.18 Å². The SMILES string of the molecule is C[C@]12CC[C@H]3[C@@H](CC=C4C[C@@H](O)CC[C@@]43C)[C@@H]1CC[C@@H]2OS(=O)(=O)[O-].[Na+]. The summed E-state index contributed by atoms with van der Waals surface area (Å²) in [5.74, 6) is 1.55. The second-order valence-electron chi connectivity index (χ2n) is 9.27. The van der Waals surface area contributed by atoms with E-state index >= 15 is 0 Å². The minimum absolute atomic E-state index is 0. The summed E-state index contributed by atoms with van der Waals surface area (Å²) in [6.07, 6.45) is 9.01. The molecule has 0 heterocycles. The monoisotopic (exact) mass is 392 g/mol. The van der Waals surface area contributed by atoms with Crippen molar-refractivity contribution in [1.82, 2.24) is 0 Å². The van der Waals surface area contributed by atoms with Gasteiger partial charge in [0, 0.05) is 0 Å². The fourth-order valence-corrected chi connectivity index (χ4v) is 7.49. The first-order valence-electron chi connectivity index (χ1n) is 9.65. The predicted octanol–water partition coefficient (Wildman–Crippen LogP) is 0.160. The third-order valence-electron chi connectivity index (χ3n) is 8.22. The van der Waals surface area contributed by atoms with E-state index in [9.17, 15) is 18.1 Å². The van der Waals surface area contributed by atoms with E-state index in [2.05, 4.69) is 19.9 Å². The third kappa shape index (κ3) is 3.38. The van der Waals surface area contributed by atoms with Gasteiger partial charge in [0.05, 0.1) is 12.2 Å². The van der Waals surface area contributed by atoms with Crippen LogP contribution in [0.5, 0.6) is 0 Å². The van der Waals surface area contributed by atoms with Crippen molar-refractivity contribution >= 4 is 10.4 Å². The van der Waals surface area contributed by atoms with Gasteiger partial charge in [0.15, 0.2) is 0 Å². The van der Waals surface area contributed by atoms with E-state index in [-0.39, 0.29) is 46.5 Å². The maximum absolute atomic E-state index is 11.1. The number of rotatable bonds is 2. The van der Waals surface area contributed by atoms with Gasteiger partial charge < -0.3 is 9.66 Å². The number of hydrogen-bond acceptors (Lipinski definition) is 5. The Hall–Kier alpha value is 0.570. The predicted molar refractivity (Wildman–Crippen MR) is 92.3 cm³/mol. The van der Waals surface area contributed by atoms with E-state index in [1.54, 1.807) is 0 Å². The first-order valence-corrected chi connectivity index (χ1v) is 11.0. The molecule has 0 aromatic heterocycles. The molecule has 4 aliphatic rings. The van der Waals surface area contributed by atoms with Gasteiger partial charge in [0.25, 0.3) is 0 Å². The van der Waals surface area contributed by atoms with E-state index in [1.807, 2.05) is 0 Å². The minimum Gasteiger partial charge on any atom is -0.726 e. The molecule has 4 aliphatic carbocycles. The first kappa shape index (κ1) is 21.3. The molecule has 0 aromatic carbocycles. The molecule has 0 bridgehead atoms. The summed E-state index contributed by atoms with van der Waals surface area (Å²) >= 11 is 0. The number of allylic oxidation sites excluding steroid dienone is 1. The molecule has 3 fully saturated rings. The second-order valence-corrected chi connectivity index (χ2v) is 10.3. The van der Waals surface area contributed by atoms with E-state index in [1.165, 1.54) is 5.57 Å².